The first-order valence-electron chi connectivity index (χ1n) is 6.77. The molecule has 0 amide bonds. The molecule has 1 fully saturated rings. The molecule has 1 aliphatic carbocycles. The van der Waals surface area contributed by atoms with E-state index in [1.165, 1.54) is 12.7 Å². The zero-order valence-electron chi connectivity index (χ0n) is 11.1. The molecule has 0 spiro atoms. The Balaban J connectivity index is 1.78. The van der Waals surface area contributed by atoms with Gasteiger partial charge in [-0.3, -0.25) is 4.68 Å². The van der Waals surface area contributed by atoms with Gasteiger partial charge in [0.05, 0.1) is 17.2 Å². The molecule has 0 atom stereocenters. The van der Waals surface area contributed by atoms with Crippen molar-refractivity contribution < 1.29 is 5.11 Å². The molecule has 0 aromatic carbocycles. The lowest BCUT2D eigenvalue weighted by Gasteiger charge is -2.32. The van der Waals surface area contributed by atoms with Crippen molar-refractivity contribution in [2.45, 2.75) is 37.7 Å². The summed E-state index contributed by atoms with van der Waals surface area (Å²) in [7, 11) is 1.85. The number of aliphatic hydroxyl groups is 1. The van der Waals surface area contributed by atoms with Crippen molar-refractivity contribution in [1.29, 1.82) is 0 Å². The standard InChI is InChI=1S/C13H19N5O/c1-18-12-10(7-17-18)11(15-9-16-12)14-8-13(19)5-3-2-4-6-13/h7,9,19H,2-6,8H2,1H3,(H,14,15,16). The molecule has 2 aromatic heterocycles. The van der Waals surface area contributed by atoms with E-state index in [9.17, 15) is 5.11 Å². The van der Waals surface area contributed by atoms with Crippen LogP contribution in [0.2, 0.25) is 0 Å². The summed E-state index contributed by atoms with van der Waals surface area (Å²) < 4.78 is 1.72. The largest absolute Gasteiger partial charge is 0.388 e. The van der Waals surface area contributed by atoms with Crippen LogP contribution in [0.15, 0.2) is 12.5 Å². The van der Waals surface area contributed by atoms with Crippen LogP contribution in [0.4, 0.5) is 5.82 Å². The molecule has 19 heavy (non-hydrogen) atoms. The highest BCUT2D eigenvalue weighted by atomic mass is 16.3. The average Bonchev–Trinajstić information content (AvgIpc) is 2.80. The quantitative estimate of drug-likeness (QED) is 0.875. The van der Waals surface area contributed by atoms with Crippen LogP contribution in [0, 0.1) is 0 Å². The number of nitrogens with zero attached hydrogens (tertiary/aromatic N) is 4. The summed E-state index contributed by atoms with van der Waals surface area (Å²) in [6, 6.07) is 0. The van der Waals surface area contributed by atoms with E-state index in [0.29, 0.717) is 6.54 Å². The highest BCUT2D eigenvalue weighted by molar-refractivity contribution is 5.85. The second-order valence-electron chi connectivity index (χ2n) is 5.37. The minimum atomic E-state index is -0.599. The minimum Gasteiger partial charge on any atom is -0.388 e. The number of aryl methyl sites for hydroxylation is 1. The maximum absolute atomic E-state index is 10.5. The van der Waals surface area contributed by atoms with Crippen LogP contribution < -0.4 is 5.32 Å². The molecule has 0 unspecified atom stereocenters. The molecule has 1 saturated carbocycles. The van der Waals surface area contributed by atoms with Crippen molar-refractivity contribution in [2.24, 2.45) is 7.05 Å². The number of anilines is 1. The van der Waals surface area contributed by atoms with Crippen molar-refractivity contribution in [3.63, 3.8) is 0 Å². The van der Waals surface area contributed by atoms with E-state index in [4.69, 9.17) is 0 Å². The molecule has 6 nitrogen and oxygen atoms in total. The topological polar surface area (TPSA) is 75.9 Å². The van der Waals surface area contributed by atoms with Crippen molar-refractivity contribution in [3.8, 4) is 0 Å². The maximum Gasteiger partial charge on any atom is 0.163 e. The minimum absolute atomic E-state index is 0.536. The third kappa shape index (κ3) is 2.40. The molecular formula is C13H19N5O. The third-order valence-electron chi connectivity index (χ3n) is 3.90. The van der Waals surface area contributed by atoms with Crippen molar-refractivity contribution in [2.75, 3.05) is 11.9 Å². The fourth-order valence-electron chi connectivity index (χ4n) is 2.74. The number of fused-ring (bicyclic) bond motifs is 1. The molecule has 102 valence electrons. The Bertz CT molecular complexity index is 573. The lowest BCUT2D eigenvalue weighted by Crippen LogP contribution is -2.38. The fourth-order valence-corrected chi connectivity index (χ4v) is 2.74. The van der Waals surface area contributed by atoms with Crippen LogP contribution in [0.5, 0.6) is 0 Å². The molecule has 2 heterocycles. The molecule has 1 aliphatic rings. The molecule has 0 bridgehead atoms. The Hall–Kier alpha value is -1.69. The van der Waals surface area contributed by atoms with Gasteiger partial charge in [-0.2, -0.15) is 5.10 Å². The van der Waals surface area contributed by atoms with Gasteiger partial charge in [0.2, 0.25) is 0 Å². The lowest BCUT2D eigenvalue weighted by atomic mass is 9.85. The Morgan fingerprint density at radius 3 is 2.89 bits per heavy atom. The van der Waals surface area contributed by atoms with Crippen LogP contribution in [0.25, 0.3) is 11.0 Å². The predicted octanol–water partition coefficient (Wildman–Crippen LogP) is 1.47. The summed E-state index contributed by atoms with van der Waals surface area (Å²) in [6.07, 6.45) is 8.43. The molecule has 2 aromatic rings. The maximum atomic E-state index is 10.5. The normalized spacial score (nSPS) is 18.6. The van der Waals surface area contributed by atoms with Crippen LogP contribution in [-0.4, -0.2) is 37.0 Å². The summed E-state index contributed by atoms with van der Waals surface area (Å²) in [4.78, 5) is 8.45. The Morgan fingerprint density at radius 2 is 2.11 bits per heavy atom. The van der Waals surface area contributed by atoms with Gasteiger partial charge in [-0.05, 0) is 12.8 Å². The number of hydrogen-bond acceptors (Lipinski definition) is 5. The number of nitrogens with one attached hydrogen (secondary N) is 1. The molecule has 2 N–H and O–H groups in total. The summed E-state index contributed by atoms with van der Waals surface area (Å²) in [5.41, 5.74) is 0.200. The average molecular weight is 261 g/mol. The molecule has 0 saturated heterocycles. The Kier molecular flexibility index (Phi) is 3.10. The highest BCUT2D eigenvalue weighted by Gasteiger charge is 2.29. The summed E-state index contributed by atoms with van der Waals surface area (Å²) in [6.45, 7) is 0.536. The van der Waals surface area contributed by atoms with Gasteiger partial charge in [-0.25, -0.2) is 9.97 Å². The third-order valence-corrected chi connectivity index (χ3v) is 3.90. The molecular weight excluding hydrogens is 242 g/mol. The predicted molar refractivity (Wildman–Crippen MR) is 72.8 cm³/mol. The van der Waals surface area contributed by atoms with Gasteiger partial charge >= 0.3 is 0 Å². The molecule has 0 aliphatic heterocycles. The van der Waals surface area contributed by atoms with Gasteiger partial charge in [0.1, 0.15) is 12.1 Å². The molecule has 0 radical (unpaired) electrons. The van der Waals surface area contributed by atoms with Gasteiger partial charge in [-0.1, -0.05) is 19.3 Å². The van der Waals surface area contributed by atoms with Gasteiger partial charge in [0.25, 0.3) is 0 Å². The van der Waals surface area contributed by atoms with Crippen LogP contribution in [0.3, 0.4) is 0 Å². The van der Waals surface area contributed by atoms with E-state index in [0.717, 1.165) is 42.5 Å². The van der Waals surface area contributed by atoms with Crippen molar-refractivity contribution in [3.05, 3.63) is 12.5 Å². The molecule has 6 heteroatoms. The fraction of sp³-hybridized carbons (Fsp3) is 0.615. The number of rotatable bonds is 3. The van der Waals surface area contributed by atoms with Crippen molar-refractivity contribution in [1.82, 2.24) is 19.7 Å². The van der Waals surface area contributed by atoms with Crippen molar-refractivity contribution >= 4 is 16.9 Å². The number of hydrogen-bond donors (Lipinski definition) is 2. The van der Waals surface area contributed by atoms with Gasteiger partial charge in [-0.15, -0.1) is 0 Å². The summed E-state index contributed by atoms with van der Waals surface area (Å²) in [5.74, 6) is 0.747. The SMILES string of the molecule is Cn1ncc2c(NCC3(O)CCCCC3)ncnc21. The Labute approximate surface area is 111 Å². The van der Waals surface area contributed by atoms with Gasteiger partial charge in [0.15, 0.2) is 5.65 Å². The summed E-state index contributed by atoms with van der Waals surface area (Å²) in [5, 5.41) is 18.8. The van der Waals surface area contributed by atoms with E-state index >= 15 is 0 Å². The first-order chi connectivity index (χ1) is 9.18. The first kappa shape index (κ1) is 12.3. The zero-order chi connectivity index (χ0) is 13.3. The Morgan fingerprint density at radius 1 is 1.32 bits per heavy atom. The smallest absolute Gasteiger partial charge is 0.163 e. The monoisotopic (exact) mass is 261 g/mol. The van der Waals surface area contributed by atoms with Gasteiger partial charge < -0.3 is 10.4 Å². The lowest BCUT2D eigenvalue weighted by molar-refractivity contribution is 0.0167. The second kappa shape index (κ2) is 4.77. The van der Waals surface area contributed by atoms with E-state index < -0.39 is 5.60 Å². The summed E-state index contributed by atoms with van der Waals surface area (Å²) >= 11 is 0. The number of aromatic nitrogens is 4. The van der Waals surface area contributed by atoms with Crippen LogP contribution >= 0.6 is 0 Å². The van der Waals surface area contributed by atoms with E-state index in [-0.39, 0.29) is 0 Å². The van der Waals surface area contributed by atoms with E-state index in [1.807, 2.05) is 7.05 Å². The highest BCUT2D eigenvalue weighted by Crippen LogP contribution is 2.28. The second-order valence-corrected chi connectivity index (χ2v) is 5.37. The van der Waals surface area contributed by atoms with Crippen LogP contribution in [0.1, 0.15) is 32.1 Å². The van der Waals surface area contributed by atoms with E-state index in [2.05, 4.69) is 20.4 Å². The first-order valence-corrected chi connectivity index (χ1v) is 6.77. The van der Waals surface area contributed by atoms with Gasteiger partial charge in [0, 0.05) is 13.6 Å². The van der Waals surface area contributed by atoms with Crippen LogP contribution in [-0.2, 0) is 7.05 Å². The zero-order valence-corrected chi connectivity index (χ0v) is 11.1. The van der Waals surface area contributed by atoms with E-state index in [1.54, 1.807) is 10.9 Å². The molecule has 3 rings (SSSR count).